The van der Waals surface area contributed by atoms with Gasteiger partial charge in [-0.05, 0) is 44.5 Å². The largest absolute Gasteiger partial charge is 0.389 e. The Labute approximate surface area is 130 Å². The van der Waals surface area contributed by atoms with Gasteiger partial charge in [-0.15, -0.1) is 0 Å². The molecule has 108 valence electrons. The minimum atomic E-state index is 0.442. The van der Waals surface area contributed by atoms with Crippen LogP contribution in [0.25, 0.3) is 0 Å². The van der Waals surface area contributed by atoms with Gasteiger partial charge >= 0.3 is 0 Å². The molecule has 2 aliphatic heterocycles. The Morgan fingerprint density at radius 3 is 2.95 bits per heavy atom. The monoisotopic (exact) mass is 309 g/mol. The summed E-state index contributed by atoms with van der Waals surface area (Å²) in [6.07, 6.45) is 2.59. The lowest BCUT2D eigenvalue weighted by molar-refractivity contribution is 0.203. The summed E-state index contributed by atoms with van der Waals surface area (Å²) in [6.45, 7) is 5.64. The first kappa shape index (κ1) is 14.1. The number of thiocarbonyl (C=S) groups is 1. The molecule has 0 amide bonds. The average Bonchev–Trinajstić information content (AvgIpc) is 2.84. The quantitative estimate of drug-likeness (QED) is 0.851. The Morgan fingerprint density at radius 2 is 2.20 bits per heavy atom. The van der Waals surface area contributed by atoms with E-state index in [4.69, 9.17) is 29.6 Å². The van der Waals surface area contributed by atoms with Crippen LogP contribution in [0.15, 0.2) is 18.2 Å². The molecule has 0 saturated carbocycles. The Bertz CT molecular complexity index is 534. The van der Waals surface area contributed by atoms with Gasteiger partial charge in [0.1, 0.15) is 4.99 Å². The summed E-state index contributed by atoms with van der Waals surface area (Å²) in [7, 11) is 0. The SMILES string of the molecule is CC1CN2CCCC2CN1c1cc(Cl)ccc1C(N)=S. The number of halogens is 1. The molecule has 3 nitrogen and oxygen atoms in total. The molecule has 2 aliphatic rings. The highest BCUT2D eigenvalue weighted by molar-refractivity contribution is 7.80. The van der Waals surface area contributed by atoms with E-state index >= 15 is 0 Å². The molecule has 0 spiro atoms. The predicted octanol–water partition coefficient (Wildman–Crippen LogP) is 2.65. The first-order valence-electron chi connectivity index (χ1n) is 7.16. The Balaban J connectivity index is 1.95. The second-order valence-electron chi connectivity index (χ2n) is 5.82. The fourth-order valence-electron chi connectivity index (χ4n) is 3.47. The van der Waals surface area contributed by atoms with Gasteiger partial charge < -0.3 is 10.6 Å². The van der Waals surface area contributed by atoms with E-state index in [2.05, 4.69) is 16.7 Å². The van der Waals surface area contributed by atoms with E-state index in [1.54, 1.807) is 0 Å². The third kappa shape index (κ3) is 2.52. The molecule has 2 saturated heterocycles. The summed E-state index contributed by atoms with van der Waals surface area (Å²) >= 11 is 11.4. The molecule has 3 rings (SSSR count). The summed E-state index contributed by atoms with van der Waals surface area (Å²) in [5.74, 6) is 0. The van der Waals surface area contributed by atoms with Crippen LogP contribution in [0.1, 0.15) is 25.3 Å². The summed E-state index contributed by atoms with van der Waals surface area (Å²) in [6, 6.07) is 6.90. The van der Waals surface area contributed by atoms with Crippen molar-refractivity contribution in [2.75, 3.05) is 24.5 Å². The van der Waals surface area contributed by atoms with Crippen molar-refractivity contribution in [1.29, 1.82) is 0 Å². The smallest absolute Gasteiger partial charge is 0.106 e. The van der Waals surface area contributed by atoms with Gasteiger partial charge in [0.05, 0.1) is 0 Å². The molecule has 2 unspecified atom stereocenters. The Morgan fingerprint density at radius 1 is 1.40 bits per heavy atom. The lowest BCUT2D eigenvalue weighted by Crippen LogP contribution is -2.55. The van der Waals surface area contributed by atoms with Crippen LogP contribution in [0.2, 0.25) is 5.02 Å². The first-order valence-corrected chi connectivity index (χ1v) is 7.95. The van der Waals surface area contributed by atoms with Crippen molar-refractivity contribution in [2.24, 2.45) is 5.73 Å². The molecule has 2 fully saturated rings. The van der Waals surface area contributed by atoms with Crippen molar-refractivity contribution < 1.29 is 0 Å². The van der Waals surface area contributed by atoms with Gasteiger partial charge in [0.25, 0.3) is 0 Å². The maximum Gasteiger partial charge on any atom is 0.106 e. The molecule has 1 aromatic rings. The van der Waals surface area contributed by atoms with Crippen molar-refractivity contribution in [3.63, 3.8) is 0 Å². The lowest BCUT2D eigenvalue weighted by Gasteiger charge is -2.44. The summed E-state index contributed by atoms with van der Waals surface area (Å²) in [4.78, 5) is 5.47. The number of benzene rings is 1. The molecule has 0 aliphatic carbocycles. The van der Waals surface area contributed by atoms with E-state index in [0.717, 1.165) is 29.4 Å². The predicted molar refractivity (Wildman–Crippen MR) is 88.7 cm³/mol. The minimum absolute atomic E-state index is 0.442. The third-order valence-corrected chi connectivity index (χ3v) is 4.93. The minimum Gasteiger partial charge on any atom is -0.389 e. The number of fused-ring (bicyclic) bond motifs is 1. The number of hydrogen-bond donors (Lipinski definition) is 1. The number of nitrogens with zero attached hydrogens (tertiary/aromatic N) is 2. The van der Waals surface area contributed by atoms with Crippen molar-refractivity contribution >= 4 is 34.5 Å². The first-order chi connectivity index (χ1) is 9.56. The molecule has 1 aromatic carbocycles. The average molecular weight is 310 g/mol. The molecular weight excluding hydrogens is 290 g/mol. The normalized spacial score (nSPS) is 26.6. The fraction of sp³-hybridized carbons (Fsp3) is 0.533. The number of hydrogen-bond acceptors (Lipinski definition) is 3. The van der Waals surface area contributed by atoms with Crippen LogP contribution in [0, 0.1) is 0 Å². The number of anilines is 1. The van der Waals surface area contributed by atoms with Crippen LogP contribution >= 0.6 is 23.8 Å². The molecule has 20 heavy (non-hydrogen) atoms. The van der Waals surface area contributed by atoms with Gasteiger partial charge in [-0.2, -0.15) is 0 Å². The van der Waals surface area contributed by atoms with Crippen LogP contribution in [-0.4, -0.2) is 41.6 Å². The van der Waals surface area contributed by atoms with E-state index < -0.39 is 0 Å². The maximum atomic E-state index is 6.18. The number of rotatable bonds is 2. The maximum absolute atomic E-state index is 6.18. The van der Waals surface area contributed by atoms with E-state index in [9.17, 15) is 0 Å². The van der Waals surface area contributed by atoms with Gasteiger partial charge in [0.2, 0.25) is 0 Å². The van der Waals surface area contributed by atoms with E-state index in [1.165, 1.54) is 19.4 Å². The summed E-state index contributed by atoms with van der Waals surface area (Å²) in [5.41, 5.74) is 7.89. The van der Waals surface area contributed by atoms with Gasteiger partial charge in [0.15, 0.2) is 0 Å². The van der Waals surface area contributed by atoms with Crippen LogP contribution in [-0.2, 0) is 0 Å². The highest BCUT2D eigenvalue weighted by atomic mass is 35.5. The number of piperazine rings is 1. The highest BCUT2D eigenvalue weighted by Gasteiger charge is 2.35. The molecule has 0 radical (unpaired) electrons. The van der Waals surface area contributed by atoms with E-state index in [-0.39, 0.29) is 0 Å². The van der Waals surface area contributed by atoms with Crippen LogP contribution in [0.3, 0.4) is 0 Å². The number of nitrogens with two attached hydrogens (primary N) is 1. The summed E-state index contributed by atoms with van der Waals surface area (Å²) in [5, 5.41) is 0.737. The van der Waals surface area contributed by atoms with Gasteiger partial charge in [-0.25, -0.2) is 0 Å². The van der Waals surface area contributed by atoms with E-state index in [0.29, 0.717) is 17.1 Å². The fourth-order valence-corrected chi connectivity index (χ4v) is 3.81. The zero-order valence-corrected chi connectivity index (χ0v) is 13.3. The zero-order chi connectivity index (χ0) is 14.3. The van der Waals surface area contributed by atoms with Crippen LogP contribution in [0.4, 0.5) is 5.69 Å². The van der Waals surface area contributed by atoms with Gasteiger partial charge in [0, 0.05) is 41.4 Å². The highest BCUT2D eigenvalue weighted by Crippen LogP contribution is 2.32. The second-order valence-corrected chi connectivity index (χ2v) is 6.69. The second kappa shape index (κ2) is 5.51. The van der Waals surface area contributed by atoms with Crippen molar-refractivity contribution in [3.05, 3.63) is 28.8 Å². The van der Waals surface area contributed by atoms with Crippen molar-refractivity contribution in [3.8, 4) is 0 Å². The zero-order valence-electron chi connectivity index (χ0n) is 11.7. The lowest BCUT2D eigenvalue weighted by atomic mass is 10.0. The molecule has 5 heteroatoms. The van der Waals surface area contributed by atoms with Gasteiger partial charge in [-0.1, -0.05) is 23.8 Å². The van der Waals surface area contributed by atoms with Crippen LogP contribution in [0.5, 0.6) is 0 Å². The molecule has 2 atom stereocenters. The van der Waals surface area contributed by atoms with Crippen molar-refractivity contribution in [1.82, 2.24) is 4.90 Å². The molecule has 0 bridgehead atoms. The summed E-state index contributed by atoms with van der Waals surface area (Å²) < 4.78 is 0. The van der Waals surface area contributed by atoms with Gasteiger partial charge in [-0.3, -0.25) is 4.90 Å². The van der Waals surface area contributed by atoms with E-state index in [1.807, 2.05) is 18.2 Å². The Kier molecular flexibility index (Phi) is 3.89. The standard InChI is InChI=1S/C15H20ClN3S/c1-10-8-18-6-2-3-12(18)9-19(10)14-7-11(16)4-5-13(14)15(17)20/h4-5,7,10,12H,2-3,6,8-9H2,1H3,(H2,17,20). The third-order valence-electron chi connectivity index (χ3n) is 4.47. The van der Waals surface area contributed by atoms with Crippen molar-refractivity contribution in [2.45, 2.75) is 31.8 Å². The van der Waals surface area contributed by atoms with Crippen LogP contribution < -0.4 is 10.6 Å². The molecule has 2 N–H and O–H groups in total. The Hall–Kier alpha value is -0.840. The molecule has 0 aromatic heterocycles. The molecule has 2 heterocycles. The topological polar surface area (TPSA) is 32.5 Å². The molecular formula is C15H20ClN3S.